The van der Waals surface area contributed by atoms with Crippen LogP contribution in [0.4, 0.5) is 5.95 Å². The molecule has 0 radical (unpaired) electrons. The number of nitrogens with two attached hydrogens (primary N) is 1. The first-order valence-electron chi connectivity index (χ1n) is 7.57. The van der Waals surface area contributed by atoms with Crippen LogP contribution in [-0.2, 0) is 24.8 Å². The number of likely N-dealkylation sites (tertiary alicyclic amines) is 1. The van der Waals surface area contributed by atoms with Gasteiger partial charge >= 0.3 is 0 Å². The van der Waals surface area contributed by atoms with Crippen molar-refractivity contribution in [2.45, 2.75) is 39.2 Å². The number of aryl methyl sites for hydroxylation is 2. The van der Waals surface area contributed by atoms with Crippen molar-refractivity contribution in [2.24, 2.45) is 7.05 Å². The van der Waals surface area contributed by atoms with Crippen LogP contribution in [0.2, 0.25) is 0 Å². The fourth-order valence-corrected chi connectivity index (χ4v) is 3.03. The van der Waals surface area contributed by atoms with Crippen LogP contribution in [0.25, 0.3) is 11.2 Å². The fourth-order valence-electron chi connectivity index (χ4n) is 3.03. The summed E-state index contributed by atoms with van der Waals surface area (Å²) in [5, 5.41) is 4.44. The van der Waals surface area contributed by atoms with Crippen molar-refractivity contribution >= 4 is 23.0 Å². The van der Waals surface area contributed by atoms with Crippen molar-refractivity contribution < 1.29 is 4.79 Å². The SMILES string of the molecule is CCc1nn(C)c2c1nc(N)n2CC(=O)N1CCCCC1. The number of nitrogens with zero attached hydrogens (tertiary/aromatic N) is 5. The smallest absolute Gasteiger partial charge is 0.242 e. The van der Waals surface area contributed by atoms with Gasteiger partial charge in [0.25, 0.3) is 0 Å². The number of carbonyl (C=O) groups is 1. The largest absolute Gasteiger partial charge is 0.369 e. The lowest BCUT2D eigenvalue weighted by Gasteiger charge is -2.27. The summed E-state index contributed by atoms with van der Waals surface area (Å²) in [5.74, 6) is 0.498. The summed E-state index contributed by atoms with van der Waals surface area (Å²) < 4.78 is 3.54. The molecule has 2 N–H and O–H groups in total. The van der Waals surface area contributed by atoms with Gasteiger partial charge in [0.05, 0.1) is 5.69 Å². The number of rotatable bonds is 3. The number of aromatic nitrogens is 4. The summed E-state index contributed by atoms with van der Waals surface area (Å²) in [6.07, 6.45) is 4.19. The summed E-state index contributed by atoms with van der Waals surface area (Å²) in [6.45, 7) is 3.98. The molecule has 3 rings (SSSR count). The summed E-state index contributed by atoms with van der Waals surface area (Å²) in [7, 11) is 1.87. The maximum Gasteiger partial charge on any atom is 0.242 e. The molecule has 1 fully saturated rings. The molecule has 0 aromatic carbocycles. The first-order chi connectivity index (χ1) is 10.1. The van der Waals surface area contributed by atoms with Crippen molar-refractivity contribution in [1.82, 2.24) is 24.2 Å². The summed E-state index contributed by atoms with van der Waals surface area (Å²) >= 11 is 0. The van der Waals surface area contributed by atoms with Crippen LogP contribution < -0.4 is 5.73 Å². The topological polar surface area (TPSA) is 82.0 Å². The molecule has 2 aromatic heterocycles. The second-order valence-corrected chi connectivity index (χ2v) is 5.59. The second kappa shape index (κ2) is 5.38. The predicted octanol–water partition coefficient (Wildman–Crippen LogP) is 0.927. The zero-order chi connectivity index (χ0) is 15.0. The van der Waals surface area contributed by atoms with Crippen LogP contribution >= 0.6 is 0 Å². The van der Waals surface area contributed by atoms with Crippen LogP contribution in [-0.4, -0.2) is 43.2 Å². The summed E-state index contributed by atoms with van der Waals surface area (Å²) in [4.78, 5) is 18.8. The molecule has 0 aliphatic carbocycles. The second-order valence-electron chi connectivity index (χ2n) is 5.59. The quantitative estimate of drug-likeness (QED) is 0.911. The zero-order valence-corrected chi connectivity index (χ0v) is 12.7. The number of piperidine rings is 1. The Morgan fingerprint density at radius 3 is 2.67 bits per heavy atom. The minimum Gasteiger partial charge on any atom is -0.369 e. The van der Waals surface area contributed by atoms with Gasteiger partial charge in [-0.2, -0.15) is 5.10 Å². The van der Waals surface area contributed by atoms with E-state index in [0.29, 0.717) is 5.95 Å². The molecule has 114 valence electrons. The Hall–Kier alpha value is -2.05. The summed E-state index contributed by atoms with van der Waals surface area (Å²) in [5.41, 5.74) is 8.57. The van der Waals surface area contributed by atoms with E-state index in [2.05, 4.69) is 10.1 Å². The molecule has 0 bridgehead atoms. The monoisotopic (exact) mass is 290 g/mol. The van der Waals surface area contributed by atoms with Gasteiger partial charge in [0.1, 0.15) is 12.1 Å². The van der Waals surface area contributed by atoms with Crippen molar-refractivity contribution in [1.29, 1.82) is 0 Å². The predicted molar refractivity (Wildman–Crippen MR) is 80.7 cm³/mol. The number of imidazole rings is 1. The van der Waals surface area contributed by atoms with E-state index in [1.165, 1.54) is 6.42 Å². The zero-order valence-electron chi connectivity index (χ0n) is 12.7. The Balaban J connectivity index is 1.91. The lowest BCUT2D eigenvalue weighted by Crippen LogP contribution is -2.38. The van der Waals surface area contributed by atoms with E-state index >= 15 is 0 Å². The highest BCUT2D eigenvalue weighted by Crippen LogP contribution is 2.21. The molecule has 1 aliphatic heterocycles. The van der Waals surface area contributed by atoms with Gasteiger partial charge in [0.2, 0.25) is 11.9 Å². The van der Waals surface area contributed by atoms with Gasteiger partial charge in [-0.3, -0.25) is 14.0 Å². The molecule has 2 aromatic rings. The van der Waals surface area contributed by atoms with Crippen molar-refractivity contribution in [3.8, 4) is 0 Å². The Morgan fingerprint density at radius 2 is 2.00 bits per heavy atom. The molecule has 1 amide bonds. The van der Waals surface area contributed by atoms with Gasteiger partial charge in [-0.05, 0) is 25.7 Å². The van der Waals surface area contributed by atoms with E-state index in [0.717, 1.165) is 49.2 Å². The Bertz CT molecular complexity index is 665. The highest BCUT2D eigenvalue weighted by Gasteiger charge is 2.22. The molecular weight excluding hydrogens is 268 g/mol. The average molecular weight is 290 g/mol. The maximum absolute atomic E-state index is 12.4. The Morgan fingerprint density at radius 1 is 1.29 bits per heavy atom. The number of amides is 1. The molecule has 0 unspecified atom stereocenters. The van der Waals surface area contributed by atoms with Gasteiger partial charge in [-0.1, -0.05) is 6.92 Å². The molecule has 3 heterocycles. The number of carbonyl (C=O) groups excluding carboxylic acids is 1. The molecular formula is C14H22N6O. The number of anilines is 1. The normalized spacial score (nSPS) is 15.8. The first kappa shape index (κ1) is 13.9. The molecule has 7 nitrogen and oxygen atoms in total. The molecule has 7 heteroatoms. The first-order valence-corrected chi connectivity index (χ1v) is 7.57. The summed E-state index contributed by atoms with van der Waals surface area (Å²) in [6, 6.07) is 0. The highest BCUT2D eigenvalue weighted by molar-refractivity contribution is 5.82. The minimum atomic E-state index is 0.111. The standard InChI is InChI=1S/C14H22N6O/c1-3-10-12-13(18(2)17-10)20(14(15)16-12)9-11(21)19-7-5-4-6-8-19/h3-9H2,1-2H3,(H2,15,16). The van der Waals surface area contributed by atoms with Crippen LogP contribution in [0.5, 0.6) is 0 Å². The van der Waals surface area contributed by atoms with Crippen molar-refractivity contribution in [3.63, 3.8) is 0 Å². The van der Waals surface area contributed by atoms with Crippen LogP contribution in [0.15, 0.2) is 0 Å². The third-order valence-corrected chi connectivity index (χ3v) is 4.16. The molecule has 1 saturated heterocycles. The molecule has 0 saturated carbocycles. The number of hydrogen-bond acceptors (Lipinski definition) is 4. The van der Waals surface area contributed by atoms with E-state index in [1.54, 1.807) is 9.25 Å². The molecule has 0 spiro atoms. The third-order valence-electron chi connectivity index (χ3n) is 4.16. The van der Waals surface area contributed by atoms with Crippen LogP contribution in [0.3, 0.4) is 0 Å². The van der Waals surface area contributed by atoms with Crippen molar-refractivity contribution in [3.05, 3.63) is 5.69 Å². The maximum atomic E-state index is 12.4. The van der Waals surface area contributed by atoms with Crippen LogP contribution in [0, 0.1) is 0 Å². The number of fused-ring (bicyclic) bond motifs is 1. The van der Waals surface area contributed by atoms with Gasteiger partial charge in [-0.15, -0.1) is 0 Å². The van der Waals surface area contributed by atoms with Gasteiger partial charge in [0, 0.05) is 20.1 Å². The van der Waals surface area contributed by atoms with E-state index in [9.17, 15) is 4.79 Å². The van der Waals surface area contributed by atoms with E-state index in [4.69, 9.17) is 5.73 Å². The Kier molecular flexibility index (Phi) is 3.57. The van der Waals surface area contributed by atoms with Crippen molar-refractivity contribution in [2.75, 3.05) is 18.8 Å². The molecule has 1 aliphatic rings. The van der Waals surface area contributed by atoms with Gasteiger partial charge < -0.3 is 10.6 Å². The molecule has 21 heavy (non-hydrogen) atoms. The number of hydrogen-bond donors (Lipinski definition) is 1. The Labute approximate surface area is 123 Å². The third kappa shape index (κ3) is 2.36. The van der Waals surface area contributed by atoms with E-state index < -0.39 is 0 Å². The van der Waals surface area contributed by atoms with Gasteiger partial charge in [-0.25, -0.2) is 4.98 Å². The molecule has 0 atom stereocenters. The van der Waals surface area contributed by atoms with E-state index in [1.807, 2.05) is 18.9 Å². The van der Waals surface area contributed by atoms with Gasteiger partial charge in [0.15, 0.2) is 5.65 Å². The lowest BCUT2D eigenvalue weighted by atomic mass is 10.1. The minimum absolute atomic E-state index is 0.111. The average Bonchev–Trinajstić information content (AvgIpc) is 2.98. The number of nitrogen functional groups attached to an aromatic ring is 1. The fraction of sp³-hybridized carbons (Fsp3) is 0.643. The van der Waals surface area contributed by atoms with E-state index in [-0.39, 0.29) is 12.5 Å². The van der Waals surface area contributed by atoms with Crippen LogP contribution in [0.1, 0.15) is 31.9 Å². The highest BCUT2D eigenvalue weighted by atomic mass is 16.2. The lowest BCUT2D eigenvalue weighted by molar-refractivity contribution is -0.132.